The molecular weight excluding hydrogens is 393 g/mol. The third-order valence-electron chi connectivity index (χ3n) is 4.03. The molecule has 0 spiro atoms. The first-order chi connectivity index (χ1) is 13.3. The predicted molar refractivity (Wildman–Crippen MR) is 100 cm³/mol. The lowest BCUT2D eigenvalue weighted by Crippen LogP contribution is -2.19. The van der Waals surface area contributed by atoms with Gasteiger partial charge in [0.15, 0.2) is 11.8 Å². The monoisotopic (exact) mass is 410 g/mol. The predicted octanol–water partition coefficient (Wildman–Crippen LogP) is 3.53. The Bertz CT molecular complexity index is 951. The zero-order valence-corrected chi connectivity index (χ0v) is 15.7. The van der Waals surface area contributed by atoms with Gasteiger partial charge in [-0.25, -0.2) is 9.66 Å². The van der Waals surface area contributed by atoms with Crippen LogP contribution in [-0.4, -0.2) is 33.7 Å². The molecule has 3 rings (SSSR count). The maximum atomic E-state index is 12.4. The summed E-state index contributed by atoms with van der Waals surface area (Å²) in [5.41, 5.74) is 2.95. The molecule has 0 fully saturated rings. The normalized spacial score (nSPS) is 13.6. The number of aromatic nitrogens is 3. The molecule has 10 heteroatoms. The molecule has 0 amide bonds. The molecule has 0 radical (unpaired) electrons. The summed E-state index contributed by atoms with van der Waals surface area (Å²) in [5.74, 6) is 6.59. The third-order valence-corrected chi connectivity index (χ3v) is 5.00. The summed E-state index contributed by atoms with van der Waals surface area (Å²) in [6.07, 6.45) is 3.60. The highest BCUT2D eigenvalue weighted by Crippen LogP contribution is 2.30. The Morgan fingerprint density at radius 1 is 1.43 bits per heavy atom. The fraction of sp³-hybridized carbons (Fsp3) is 0.278. The molecule has 6 nitrogen and oxygen atoms in total. The minimum atomic E-state index is -4.41. The van der Waals surface area contributed by atoms with Crippen LogP contribution < -0.4 is 10.6 Å². The van der Waals surface area contributed by atoms with E-state index in [4.69, 9.17) is 10.6 Å². The van der Waals surface area contributed by atoms with Crippen molar-refractivity contribution in [3.05, 3.63) is 46.6 Å². The van der Waals surface area contributed by atoms with Gasteiger partial charge in [-0.3, -0.25) is 9.78 Å². The standard InChI is InChI=1S/C18H17F3N4O2S/c1-11-14(23-6-5-16(11)27-10-18(19,20)21)9-28-17-24-13-4-2-3-12(8-26)7-15(13)25(17)22/h2,4-8H,3,9-10,22H2,1H3. The van der Waals surface area contributed by atoms with E-state index in [1.54, 1.807) is 19.1 Å². The smallest absolute Gasteiger partial charge is 0.422 e. The molecule has 2 N–H and O–H groups in total. The van der Waals surface area contributed by atoms with Crippen LogP contribution in [0, 0.1) is 6.92 Å². The average Bonchev–Trinajstić information content (AvgIpc) is 2.81. The Morgan fingerprint density at radius 2 is 2.21 bits per heavy atom. The van der Waals surface area contributed by atoms with Gasteiger partial charge in [0.2, 0.25) is 0 Å². The molecule has 0 aromatic carbocycles. The fourth-order valence-electron chi connectivity index (χ4n) is 2.59. The van der Waals surface area contributed by atoms with Crippen molar-refractivity contribution in [3.8, 4) is 5.75 Å². The molecule has 2 heterocycles. The topological polar surface area (TPSA) is 83.0 Å². The van der Waals surface area contributed by atoms with Crippen LogP contribution in [0.1, 0.15) is 29.1 Å². The number of alkyl halides is 3. The van der Waals surface area contributed by atoms with Crippen LogP contribution in [-0.2, 0) is 10.5 Å². The number of nitrogens with two attached hydrogens (primary N) is 1. The first kappa shape index (κ1) is 20.0. The summed E-state index contributed by atoms with van der Waals surface area (Å²) in [5, 5.41) is 0.501. The lowest BCUT2D eigenvalue weighted by atomic mass is 10.2. The summed E-state index contributed by atoms with van der Waals surface area (Å²) >= 11 is 1.29. The second-order valence-corrected chi connectivity index (χ2v) is 6.99. The number of nitrogen functional groups attached to an aromatic ring is 1. The Morgan fingerprint density at radius 3 is 2.93 bits per heavy atom. The summed E-state index contributed by atoms with van der Waals surface area (Å²) < 4.78 is 43.4. The second kappa shape index (κ2) is 8.09. The molecule has 0 unspecified atom stereocenters. The van der Waals surface area contributed by atoms with Crippen molar-refractivity contribution in [2.75, 3.05) is 12.4 Å². The third kappa shape index (κ3) is 4.56. The van der Waals surface area contributed by atoms with Crippen molar-refractivity contribution < 1.29 is 22.7 Å². The molecular formula is C18H17F3N4O2S. The van der Waals surface area contributed by atoms with E-state index >= 15 is 0 Å². The van der Waals surface area contributed by atoms with Gasteiger partial charge in [-0.05, 0) is 37.1 Å². The number of ether oxygens (including phenoxy) is 1. The van der Waals surface area contributed by atoms with Crippen LogP contribution in [0.4, 0.5) is 13.2 Å². The van der Waals surface area contributed by atoms with E-state index in [0.29, 0.717) is 45.5 Å². The van der Waals surface area contributed by atoms with Gasteiger partial charge < -0.3 is 10.6 Å². The molecule has 28 heavy (non-hydrogen) atoms. The number of allylic oxidation sites excluding steroid dienone is 2. The lowest BCUT2D eigenvalue weighted by molar-refractivity contribution is -0.153. The number of carbonyl (C=O) groups is 1. The Hall–Kier alpha value is -2.75. The number of aldehydes is 1. The largest absolute Gasteiger partial charge is 0.484 e. The maximum absolute atomic E-state index is 12.4. The van der Waals surface area contributed by atoms with Crippen molar-refractivity contribution in [2.45, 2.75) is 30.4 Å². The van der Waals surface area contributed by atoms with E-state index in [9.17, 15) is 18.0 Å². The van der Waals surface area contributed by atoms with Crippen LogP contribution in [0.25, 0.3) is 12.2 Å². The Kier molecular flexibility index (Phi) is 5.78. The van der Waals surface area contributed by atoms with Gasteiger partial charge in [-0.2, -0.15) is 13.2 Å². The molecule has 1 aliphatic rings. The summed E-state index contributed by atoms with van der Waals surface area (Å²) in [4.78, 5) is 19.7. The minimum Gasteiger partial charge on any atom is -0.484 e. The Balaban J connectivity index is 1.77. The molecule has 0 atom stereocenters. The summed E-state index contributed by atoms with van der Waals surface area (Å²) in [6.45, 7) is 0.294. The number of pyridine rings is 1. The molecule has 0 saturated heterocycles. The number of carbonyl (C=O) groups excluding carboxylic acids is 1. The number of thioether (sulfide) groups is 1. The Labute approximate surface area is 163 Å². The first-order valence-electron chi connectivity index (χ1n) is 8.25. The second-order valence-electron chi connectivity index (χ2n) is 6.05. The number of hydrogen-bond donors (Lipinski definition) is 1. The van der Waals surface area contributed by atoms with Crippen LogP contribution in [0.15, 0.2) is 29.1 Å². The number of nitrogens with zero attached hydrogens (tertiary/aromatic N) is 3. The highest BCUT2D eigenvalue weighted by Gasteiger charge is 2.29. The molecule has 2 aromatic rings. The molecule has 0 aliphatic heterocycles. The van der Waals surface area contributed by atoms with E-state index < -0.39 is 12.8 Å². The van der Waals surface area contributed by atoms with E-state index in [0.717, 1.165) is 6.29 Å². The average molecular weight is 410 g/mol. The zero-order chi connectivity index (χ0) is 20.3. The number of halogens is 3. The number of hydrogen-bond acceptors (Lipinski definition) is 6. The van der Waals surface area contributed by atoms with Crippen molar-refractivity contribution in [3.63, 3.8) is 0 Å². The van der Waals surface area contributed by atoms with Gasteiger partial charge in [0.05, 0.1) is 17.1 Å². The molecule has 2 aromatic heterocycles. The van der Waals surface area contributed by atoms with Gasteiger partial charge in [0.1, 0.15) is 12.0 Å². The number of imidazole rings is 1. The number of rotatable bonds is 6. The first-order valence-corrected chi connectivity index (χ1v) is 9.24. The lowest BCUT2D eigenvalue weighted by Gasteiger charge is -2.13. The maximum Gasteiger partial charge on any atom is 0.422 e. The van der Waals surface area contributed by atoms with Crippen LogP contribution in [0.5, 0.6) is 5.75 Å². The van der Waals surface area contributed by atoms with Crippen molar-refractivity contribution in [2.24, 2.45) is 0 Å². The van der Waals surface area contributed by atoms with E-state index in [2.05, 4.69) is 9.97 Å². The summed E-state index contributed by atoms with van der Waals surface area (Å²) in [7, 11) is 0. The SMILES string of the molecule is Cc1c(OCC(F)(F)F)ccnc1CSc1nc2c(n1N)C=C(C=O)CC=C2. The van der Waals surface area contributed by atoms with Gasteiger partial charge in [-0.1, -0.05) is 17.8 Å². The van der Waals surface area contributed by atoms with Crippen LogP contribution in [0.2, 0.25) is 0 Å². The van der Waals surface area contributed by atoms with Crippen molar-refractivity contribution in [1.29, 1.82) is 0 Å². The van der Waals surface area contributed by atoms with Crippen LogP contribution in [0.3, 0.4) is 0 Å². The fourth-order valence-corrected chi connectivity index (χ4v) is 3.54. The van der Waals surface area contributed by atoms with Crippen molar-refractivity contribution >= 4 is 30.2 Å². The summed E-state index contributed by atoms with van der Waals surface area (Å²) in [6, 6.07) is 1.40. The minimum absolute atomic E-state index is 0.135. The molecule has 148 valence electrons. The molecule has 0 bridgehead atoms. The number of fused-ring (bicyclic) bond motifs is 1. The highest BCUT2D eigenvalue weighted by atomic mass is 32.2. The van der Waals surface area contributed by atoms with Gasteiger partial charge in [0, 0.05) is 17.5 Å². The van der Waals surface area contributed by atoms with E-state index in [1.807, 2.05) is 6.08 Å². The van der Waals surface area contributed by atoms with Crippen LogP contribution >= 0.6 is 11.8 Å². The van der Waals surface area contributed by atoms with Gasteiger partial charge in [0.25, 0.3) is 0 Å². The molecule has 0 saturated carbocycles. The highest BCUT2D eigenvalue weighted by molar-refractivity contribution is 7.98. The van der Waals surface area contributed by atoms with E-state index in [-0.39, 0.29) is 5.75 Å². The van der Waals surface area contributed by atoms with Gasteiger partial charge in [-0.15, -0.1) is 0 Å². The quantitative estimate of drug-likeness (QED) is 0.446. The van der Waals surface area contributed by atoms with Gasteiger partial charge >= 0.3 is 6.18 Å². The van der Waals surface area contributed by atoms with E-state index in [1.165, 1.54) is 28.7 Å². The molecule has 1 aliphatic carbocycles. The van der Waals surface area contributed by atoms with Crippen molar-refractivity contribution in [1.82, 2.24) is 14.6 Å². The zero-order valence-electron chi connectivity index (χ0n) is 14.9.